The average molecular weight is 171 g/mol. The molecule has 0 aromatic rings. The summed E-state index contributed by atoms with van der Waals surface area (Å²) in [5.41, 5.74) is 0. The standard InChI is InChI=1S/C5H9N5O2/c1-2-3-9-8-7-4(11)5(12)10(9)6/h2,11-12H,1,3,6H2. The molecule has 7 heteroatoms. The summed E-state index contributed by atoms with van der Waals surface area (Å²) in [7, 11) is 0. The van der Waals surface area contributed by atoms with Gasteiger partial charge in [-0.3, -0.25) is 0 Å². The number of aliphatic hydroxyl groups excluding tert-OH is 2. The molecule has 1 heterocycles. The topological polar surface area (TPSA) is 97.7 Å². The van der Waals surface area contributed by atoms with Crippen LogP contribution in [0.3, 0.4) is 0 Å². The van der Waals surface area contributed by atoms with Gasteiger partial charge >= 0.3 is 0 Å². The maximum Gasteiger partial charge on any atom is 0.297 e. The number of hydrazine groups is 2. The smallest absolute Gasteiger partial charge is 0.297 e. The third kappa shape index (κ3) is 1.30. The van der Waals surface area contributed by atoms with Gasteiger partial charge < -0.3 is 10.2 Å². The summed E-state index contributed by atoms with van der Waals surface area (Å²) >= 11 is 0. The zero-order chi connectivity index (χ0) is 9.14. The van der Waals surface area contributed by atoms with Crippen LogP contribution in [-0.4, -0.2) is 27.0 Å². The van der Waals surface area contributed by atoms with E-state index in [2.05, 4.69) is 16.9 Å². The molecule has 0 radical (unpaired) electrons. The molecule has 1 rings (SSSR count). The quantitative estimate of drug-likeness (QED) is 0.407. The van der Waals surface area contributed by atoms with Crippen molar-refractivity contribution >= 4 is 0 Å². The first-order valence-corrected chi connectivity index (χ1v) is 3.14. The summed E-state index contributed by atoms with van der Waals surface area (Å²) < 4.78 is 0. The van der Waals surface area contributed by atoms with E-state index in [1.54, 1.807) is 0 Å². The Hall–Kier alpha value is -1.76. The van der Waals surface area contributed by atoms with Gasteiger partial charge in [-0.15, -0.1) is 6.58 Å². The number of nitrogens with zero attached hydrogens (tertiary/aromatic N) is 4. The fourth-order valence-corrected chi connectivity index (χ4v) is 0.634. The van der Waals surface area contributed by atoms with Crippen LogP contribution in [0.2, 0.25) is 0 Å². The highest BCUT2D eigenvalue weighted by atomic mass is 16.3. The number of nitrogens with two attached hydrogens (primary N) is 1. The monoisotopic (exact) mass is 171 g/mol. The Kier molecular flexibility index (Phi) is 2.15. The minimum absolute atomic E-state index is 0.289. The summed E-state index contributed by atoms with van der Waals surface area (Å²) in [6.45, 7) is 3.74. The van der Waals surface area contributed by atoms with Gasteiger partial charge in [0.2, 0.25) is 0 Å². The second-order valence-electron chi connectivity index (χ2n) is 2.02. The average Bonchev–Trinajstić information content (AvgIpc) is 2.07. The molecule has 0 saturated carbocycles. The SMILES string of the molecule is C=CCN1N=NC(O)=C(O)N1N. The van der Waals surface area contributed by atoms with Gasteiger partial charge in [0.25, 0.3) is 11.8 Å². The first-order valence-electron chi connectivity index (χ1n) is 3.14. The van der Waals surface area contributed by atoms with Crippen LogP contribution in [-0.2, 0) is 0 Å². The largest absolute Gasteiger partial charge is 0.489 e. The van der Waals surface area contributed by atoms with Crippen LogP contribution in [0.5, 0.6) is 0 Å². The van der Waals surface area contributed by atoms with Crippen molar-refractivity contribution in [2.45, 2.75) is 0 Å². The summed E-state index contributed by atoms with van der Waals surface area (Å²) in [6, 6.07) is 0. The Morgan fingerprint density at radius 2 is 2.25 bits per heavy atom. The fraction of sp³-hybridized carbons (Fsp3) is 0.200. The molecule has 0 aliphatic carbocycles. The minimum atomic E-state index is -0.613. The van der Waals surface area contributed by atoms with Crippen LogP contribution in [0.15, 0.2) is 34.8 Å². The molecule has 12 heavy (non-hydrogen) atoms. The molecule has 1 aliphatic rings. The molecule has 0 atom stereocenters. The van der Waals surface area contributed by atoms with Crippen LogP contribution < -0.4 is 5.84 Å². The van der Waals surface area contributed by atoms with Gasteiger partial charge in [-0.05, 0) is 5.22 Å². The molecule has 7 nitrogen and oxygen atoms in total. The molecule has 0 spiro atoms. The maximum atomic E-state index is 9.04. The van der Waals surface area contributed by atoms with Crippen LogP contribution in [0.25, 0.3) is 0 Å². The number of hydrogen-bond donors (Lipinski definition) is 3. The third-order valence-corrected chi connectivity index (χ3v) is 1.20. The Bertz CT molecular complexity index is 248. The predicted molar refractivity (Wildman–Crippen MR) is 40.1 cm³/mol. The van der Waals surface area contributed by atoms with E-state index in [-0.39, 0.29) is 6.54 Å². The van der Waals surface area contributed by atoms with Crippen molar-refractivity contribution in [2.75, 3.05) is 6.54 Å². The summed E-state index contributed by atoms with van der Waals surface area (Å²) in [5.74, 6) is 4.13. The highest BCUT2D eigenvalue weighted by Gasteiger charge is 2.20. The van der Waals surface area contributed by atoms with E-state index < -0.39 is 11.8 Å². The van der Waals surface area contributed by atoms with Gasteiger partial charge in [-0.25, -0.2) is 5.84 Å². The lowest BCUT2D eigenvalue weighted by molar-refractivity contribution is -0.0503. The molecule has 66 valence electrons. The minimum Gasteiger partial charge on any atom is -0.489 e. The molecule has 0 aromatic carbocycles. The second-order valence-corrected chi connectivity index (χ2v) is 2.02. The van der Waals surface area contributed by atoms with Gasteiger partial charge in [0.1, 0.15) is 0 Å². The first kappa shape index (κ1) is 8.34. The summed E-state index contributed by atoms with van der Waals surface area (Å²) in [5, 5.41) is 26.4. The van der Waals surface area contributed by atoms with Crippen molar-refractivity contribution in [3.8, 4) is 0 Å². The summed E-state index contributed by atoms with van der Waals surface area (Å²) in [6.07, 6.45) is 1.52. The predicted octanol–water partition coefficient (Wildman–Crippen LogP) is 0.189. The molecule has 0 bridgehead atoms. The molecular weight excluding hydrogens is 162 g/mol. The van der Waals surface area contributed by atoms with Crippen LogP contribution in [0.1, 0.15) is 0 Å². The van der Waals surface area contributed by atoms with Crippen molar-refractivity contribution in [1.29, 1.82) is 0 Å². The van der Waals surface area contributed by atoms with E-state index in [4.69, 9.17) is 16.1 Å². The van der Waals surface area contributed by atoms with Crippen molar-refractivity contribution in [3.63, 3.8) is 0 Å². The van der Waals surface area contributed by atoms with Crippen LogP contribution in [0.4, 0.5) is 0 Å². The van der Waals surface area contributed by atoms with E-state index in [0.717, 1.165) is 10.2 Å². The summed E-state index contributed by atoms with van der Waals surface area (Å²) in [4.78, 5) is 0. The zero-order valence-corrected chi connectivity index (χ0v) is 6.25. The number of aliphatic hydroxyl groups is 2. The Morgan fingerprint density at radius 1 is 1.58 bits per heavy atom. The Balaban J connectivity index is 2.77. The van der Waals surface area contributed by atoms with Crippen molar-refractivity contribution < 1.29 is 10.2 Å². The van der Waals surface area contributed by atoms with Crippen molar-refractivity contribution in [2.24, 2.45) is 16.2 Å². The van der Waals surface area contributed by atoms with Crippen LogP contribution in [0, 0.1) is 0 Å². The van der Waals surface area contributed by atoms with E-state index in [0.29, 0.717) is 0 Å². The van der Waals surface area contributed by atoms with E-state index in [1.807, 2.05) is 0 Å². The highest BCUT2D eigenvalue weighted by molar-refractivity contribution is 4.95. The lowest BCUT2D eigenvalue weighted by Gasteiger charge is -2.28. The number of hydrogen-bond acceptors (Lipinski definition) is 7. The molecule has 0 saturated heterocycles. The van der Waals surface area contributed by atoms with Gasteiger partial charge in [-0.2, -0.15) is 10.2 Å². The van der Waals surface area contributed by atoms with Gasteiger partial charge in [0.15, 0.2) is 0 Å². The first-order chi connectivity index (χ1) is 5.66. The van der Waals surface area contributed by atoms with Crippen molar-refractivity contribution in [3.05, 3.63) is 24.4 Å². The highest BCUT2D eigenvalue weighted by Crippen LogP contribution is 2.12. The Labute approximate surface area is 68.6 Å². The Morgan fingerprint density at radius 3 is 2.83 bits per heavy atom. The lowest BCUT2D eigenvalue weighted by Crippen LogP contribution is -2.45. The third-order valence-electron chi connectivity index (χ3n) is 1.20. The molecule has 0 aromatic heterocycles. The van der Waals surface area contributed by atoms with Gasteiger partial charge in [0, 0.05) is 0 Å². The van der Waals surface area contributed by atoms with Gasteiger partial charge in [0.05, 0.1) is 6.54 Å². The molecule has 0 fully saturated rings. The molecular formula is C5H9N5O2. The van der Waals surface area contributed by atoms with Gasteiger partial charge in [-0.1, -0.05) is 11.2 Å². The van der Waals surface area contributed by atoms with Crippen molar-refractivity contribution in [1.82, 2.24) is 10.2 Å². The lowest BCUT2D eigenvalue weighted by atomic mass is 10.6. The second kappa shape index (κ2) is 3.09. The molecule has 0 amide bonds. The molecule has 4 N–H and O–H groups in total. The zero-order valence-electron chi connectivity index (χ0n) is 6.25. The fourth-order valence-electron chi connectivity index (χ4n) is 0.634. The normalized spacial score (nSPS) is 17.1. The molecule has 1 aliphatic heterocycles. The van der Waals surface area contributed by atoms with Crippen LogP contribution >= 0.6 is 0 Å². The molecule has 0 unspecified atom stereocenters. The maximum absolute atomic E-state index is 9.04. The van der Waals surface area contributed by atoms with E-state index in [1.165, 1.54) is 6.08 Å². The van der Waals surface area contributed by atoms with E-state index in [9.17, 15) is 0 Å². The number of rotatable bonds is 2. The van der Waals surface area contributed by atoms with E-state index >= 15 is 0 Å².